The summed E-state index contributed by atoms with van der Waals surface area (Å²) in [6, 6.07) is -1.63. The van der Waals surface area contributed by atoms with Crippen molar-refractivity contribution in [2.45, 2.75) is 12.1 Å². The maximum atomic E-state index is 9.76. The fraction of sp³-hybridized carbons (Fsp3) is 0.667. The van der Waals surface area contributed by atoms with E-state index < -0.39 is 24.0 Å². The lowest BCUT2D eigenvalue weighted by Gasteiger charge is -1.96. The molecular weight excluding hydrogens is 264 g/mol. The van der Waals surface area contributed by atoms with Crippen LogP contribution in [0.5, 0.6) is 0 Å². The van der Waals surface area contributed by atoms with Gasteiger partial charge in [-0.15, -0.1) is 12.4 Å². The number of carboxylic acid groups (broad SMARTS) is 2. The second-order valence-electron chi connectivity index (χ2n) is 2.25. The van der Waals surface area contributed by atoms with Crippen molar-refractivity contribution < 1.29 is 19.8 Å². The summed E-state index contributed by atoms with van der Waals surface area (Å²) >= 11 is 7.30. The van der Waals surface area contributed by atoms with Crippen molar-refractivity contribution in [1.29, 1.82) is 0 Å². The van der Waals surface area contributed by atoms with Gasteiger partial charge in [-0.05, 0) is 0 Å². The normalized spacial score (nSPS) is 12.5. The number of aliphatic carboxylic acids is 2. The smallest absolute Gasteiger partial charge is 0.321 e. The van der Waals surface area contributed by atoms with E-state index >= 15 is 0 Å². The van der Waals surface area contributed by atoms with E-state index in [9.17, 15) is 9.59 Å². The van der Waals surface area contributed by atoms with Gasteiger partial charge < -0.3 is 21.7 Å². The summed E-state index contributed by atoms with van der Waals surface area (Å²) in [4.78, 5) is 19.5. The van der Waals surface area contributed by atoms with Gasteiger partial charge in [0.2, 0.25) is 0 Å². The molecule has 0 spiro atoms. The van der Waals surface area contributed by atoms with Crippen LogP contribution in [-0.2, 0) is 9.59 Å². The van der Waals surface area contributed by atoms with Crippen molar-refractivity contribution in [3.63, 3.8) is 0 Å². The molecule has 0 heterocycles. The molecule has 0 aliphatic carbocycles. The summed E-state index contributed by atoms with van der Waals surface area (Å²) in [6.07, 6.45) is 0. The van der Waals surface area contributed by atoms with Gasteiger partial charge in [-0.25, -0.2) is 0 Å². The Morgan fingerprint density at radius 2 is 1.20 bits per heavy atom. The fourth-order valence-electron chi connectivity index (χ4n) is 0.156. The fourth-order valence-corrected chi connectivity index (χ4v) is 0.469. The molecule has 0 aliphatic heterocycles. The minimum absolute atomic E-state index is 0. The Labute approximate surface area is 105 Å². The number of hydrogen-bond acceptors (Lipinski definition) is 6. The highest BCUT2D eigenvalue weighted by molar-refractivity contribution is 7.80. The summed E-state index contributed by atoms with van der Waals surface area (Å²) in [5.41, 5.74) is 9.88. The largest absolute Gasteiger partial charge is 0.480 e. The van der Waals surface area contributed by atoms with Crippen LogP contribution >= 0.6 is 37.7 Å². The van der Waals surface area contributed by atoms with Crippen molar-refractivity contribution in [3.05, 3.63) is 0 Å². The molecule has 6 nitrogen and oxygen atoms in total. The molecular formula is C6H15ClN2O4S2. The average molecular weight is 279 g/mol. The van der Waals surface area contributed by atoms with Gasteiger partial charge >= 0.3 is 11.9 Å². The molecule has 0 aromatic heterocycles. The molecule has 0 fully saturated rings. The first-order valence-corrected chi connectivity index (χ1v) is 4.81. The predicted octanol–water partition coefficient (Wildman–Crippen LogP) is -0.922. The predicted molar refractivity (Wildman–Crippen MR) is 66.2 cm³/mol. The highest BCUT2D eigenvalue weighted by Crippen LogP contribution is 1.80. The molecule has 0 saturated heterocycles. The average Bonchev–Trinajstić information content (AvgIpc) is 2.15. The van der Waals surface area contributed by atoms with Crippen molar-refractivity contribution >= 4 is 49.6 Å². The van der Waals surface area contributed by atoms with Gasteiger partial charge in [-0.3, -0.25) is 9.59 Å². The molecule has 15 heavy (non-hydrogen) atoms. The van der Waals surface area contributed by atoms with Crippen LogP contribution in [0.1, 0.15) is 0 Å². The third kappa shape index (κ3) is 13.9. The van der Waals surface area contributed by atoms with E-state index in [0.717, 1.165) is 0 Å². The number of carbonyl (C=O) groups is 2. The van der Waals surface area contributed by atoms with Gasteiger partial charge in [0.25, 0.3) is 0 Å². The van der Waals surface area contributed by atoms with Crippen LogP contribution < -0.4 is 11.5 Å². The topological polar surface area (TPSA) is 127 Å². The third-order valence-electron chi connectivity index (χ3n) is 1.03. The minimum Gasteiger partial charge on any atom is -0.480 e. The molecule has 0 aromatic rings. The zero-order valence-electron chi connectivity index (χ0n) is 7.74. The first-order valence-electron chi connectivity index (χ1n) is 3.55. The molecule has 0 rings (SSSR count). The van der Waals surface area contributed by atoms with Crippen LogP contribution in [0.15, 0.2) is 0 Å². The molecule has 2 atom stereocenters. The Kier molecular flexibility index (Phi) is 16.1. The molecule has 0 amide bonds. The molecule has 0 aromatic carbocycles. The summed E-state index contributed by atoms with van der Waals surface area (Å²) < 4.78 is 0. The van der Waals surface area contributed by atoms with E-state index in [1.807, 2.05) is 0 Å². The number of carboxylic acids is 2. The SMILES string of the molecule is Cl.NC(CS)C(=O)O.N[C@@H](CS)C(=O)O. The summed E-state index contributed by atoms with van der Waals surface area (Å²) in [7, 11) is 0. The quantitative estimate of drug-likeness (QED) is 0.369. The summed E-state index contributed by atoms with van der Waals surface area (Å²) in [5, 5.41) is 16.0. The van der Waals surface area contributed by atoms with Gasteiger partial charge in [-0.2, -0.15) is 25.3 Å². The van der Waals surface area contributed by atoms with Crippen LogP contribution in [0.3, 0.4) is 0 Å². The van der Waals surface area contributed by atoms with Crippen molar-refractivity contribution in [3.8, 4) is 0 Å². The highest BCUT2D eigenvalue weighted by atomic mass is 35.5. The Morgan fingerprint density at radius 3 is 1.20 bits per heavy atom. The van der Waals surface area contributed by atoms with E-state index in [-0.39, 0.29) is 23.9 Å². The number of hydrogen-bond donors (Lipinski definition) is 6. The van der Waals surface area contributed by atoms with Gasteiger partial charge in [-0.1, -0.05) is 0 Å². The van der Waals surface area contributed by atoms with Crippen LogP contribution in [0.2, 0.25) is 0 Å². The highest BCUT2D eigenvalue weighted by Gasteiger charge is 2.06. The summed E-state index contributed by atoms with van der Waals surface area (Å²) in [6.45, 7) is 0. The first kappa shape index (κ1) is 20.3. The lowest BCUT2D eigenvalue weighted by Crippen LogP contribution is -2.31. The van der Waals surface area contributed by atoms with Gasteiger partial charge in [0.1, 0.15) is 12.1 Å². The van der Waals surface area contributed by atoms with Crippen molar-refractivity contribution in [1.82, 2.24) is 0 Å². The van der Waals surface area contributed by atoms with Crippen LogP contribution in [0, 0.1) is 0 Å². The maximum absolute atomic E-state index is 9.76. The molecule has 9 heteroatoms. The van der Waals surface area contributed by atoms with E-state index in [1.165, 1.54) is 0 Å². The number of rotatable bonds is 4. The molecule has 0 radical (unpaired) electrons. The zero-order valence-corrected chi connectivity index (χ0v) is 10.3. The number of nitrogens with two attached hydrogens (primary N) is 2. The van der Waals surface area contributed by atoms with Crippen LogP contribution in [0.4, 0.5) is 0 Å². The second kappa shape index (κ2) is 11.9. The summed E-state index contributed by atoms with van der Waals surface area (Å²) in [5.74, 6) is -1.63. The Bertz CT molecular complexity index is 176. The standard InChI is InChI=1S/2C3H7NO2S.ClH/c2*4-2(1-7)3(5)6;/h2*2,7H,1,4H2,(H,5,6);1H/t2-;;/m0../s1. The van der Waals surface area contributed by atoms with Gasteiger partial charge in [0.05, 0.1) is 0 Å². The Morgan fingerprint density at radius 1 is 1.00 bits per heavy atom. The molecule has 0 bridgehead atoms. The van der Waals surface area contributed by atoms with E-state index in [0.29, 0.717) is 0 Å². The molecule has 6 N–H and O–H groups in total. The minimum atomic E-state index is -1.00. The second-order valence-corrected chi connectivity index (χ2v) is 2.98. The molecule has 0 saturated carbocycles. The monoisotopic (exact) mass is 278 g/mol. The van der Waals surface area contributed by atoms with E-state index in [1.54, 1.807) is 0 Å². The Balaban J connectivity index is -0.000000180. The maximum Gasteiger partial charge on any atom is 0.321 e. The Hall–Kier alpha value is -0.150. The third-order valence-corrected chi connectivity index (χ3v) is 1.81. The van der Waals surface area contributed by atoms with Gasteiger partial charge in [0.15, 0.2) is 0 Å². The lowest BCUT2D eigenvalue weighted by molar-refractivity contribution is -0.138. The molecule has 1 unspecified atom stereocenters. The molecule has 92 valence electrons. The lowest BCUT2D eigenvalue weighted by atomic mass is 10.4. The van der Waals surface area contributed by atoms with Crippen LogP contribution in [-0.4, -0.2) is 45.7 Å². The zero-order chi connectivity index (χ0) is 11.7. The van der Waals surface area contributed by atoms with E-state index in [4.69, 9.17) is 21.7 Å². The number of thiol groups is 2. The van der Waals surface area contributed by atoms with Crippen molar-refractivity contribution in [2.75, 3.05) is 11.5 Å². The first-order chi connectivity index (χ1) is 6.36. The van der Waals surface area contributed by atoms with Crippen molar-refractivity contribution in [2.24, 2.45) is 11.5 Å². The van der Waals surface area contributed by atoms with E-state index in [2.05, 4.69) is 25.3 Å². The van der Waals surface area contributed by atoms with Gasteiger partial charge in [0, 0.05) is 11.5 Å². The number of halogens is 1. The van der Waals surface area contributed by atoms with Crippen LogP contribution in [0.25, 0.3) is 0 Å². The molecule has 0 aliphatic rings.